The first-order chi connectivity index (χ1) is 12.6. The summed E-state index contributed by atoms with van der Waals surface area (Å²) in [6.07, 6.45) is 4.95. The Kier molecular flexibility index (Phi) is 4.96. The van der Waals surface area contributed by atoms with Crippen LogP contribution in [0.25, 0.3) is 22.6 Å². The van der Waals surface area contributed by atoms with E-state index in [-0.39, 0.29) is 16.6 Å². The molecule has 0 radical (unpaired) electrons. The minimum Gasteiger partial charge on any atom is -0.397 e. The van der Waals surface area contributed by atoms with E-state index in [2.05, 4.69) is 15.0 Å². The summed E-state index contributed by atoms with van der Waals surface area (Å²) in [5.41, 5.74) is 8.76. The van der Waals surface area contributed by atoms with Crippen LogP contribution in [0, 0.1) is 13.8 Å². The lowest BCUT2D eigenvalue weighted by molar-refractivity contribution is 0.588. The third-order valence-corrected chi connectivity index (χ3v) is 5.78. The highest BCUT2D eigenvalue weighted by atomic mass is 35.7. The smallest absolute Gasteiger partial charge is 0.263 e. The molecule has 0 spiro atoms. The first kappa shape index (κ1) is 19.3. The van der Waals surface area contributed by atoms with Gasteiger partial charge in [-0.15, -0.1) is 0 Å². The van der Waals surface area contributed by atoms with Crippen LogP contribution in [0.15, 0.2) is 35.6 Å². The topological polar surface area (TPSA) is 104 Å². The van der Waals surface area contributed by atoms with Gasteiger partial charge in [0.15, 0.2) is 5.82 Å². The summed E-state index contributed by atoms with van der Waals surface area (Å²) in [6.45, 7) is 7.69. The van der Waals surface area contributed by atoms with Crippen LogP contribution in [0.5, 0.6) is 0 Å². The van der Waals surface area contributed by atoms with Crippen molar-refractivity contribution in [3.05, 3.63) is 42.1 Å². The Labute approximate surface area is 162 Å². The Balaban J connectivity index is 2.47. The molecule has 0 saturated carbocycles. The number of halogens is 1. The molecule has 0 fully saturated rings. The molecule has 2 aromatic heterocycles. The normalized spacial score (nSPS) is 11.9. The molecule has 7 nitrogen and oxygen atoms in total. The number of imidazole rings is 1. The van der Waals surface area contributed by atoms with E-state index in [1.807, 2.05) is 25.3 Å². The number of benzene rings is 1. The molecule has 0 amide bonds. The molecule has 0 aliphatic rings. The molecule has 0 aliphatic heterocycles. The summed E-state index contributed by atoms with van der Waals surface area (Å²) in [6, 6.07) is 3.30. The van der Waals surface area contributed by atoms with Gasteiger partial charge in [0.05, 0.1) is 17.6 Å². The Morgan fingerprint density at radius 2 is 1.78 bits per heavy atom. The SMILES string of the molecule is Cc1c(N)c(S(=O)(=O)Cl)cc(-c2cnc(C)n2C(C)C)c1-c1ncccn1. The third kappa shape index (κ3) is 3.42. The van der Waals surface area contributed by atoms with E-state index >= 15 is 0 Å². The standard InChI is InChI=1S/C18H20ClN5O2S/c1-10(2)24-12(4)23-9-14(24)13-8-15(27(19,25)26)17(20)11(3)16(13)18-21-6-5-7-22-18/h5-10H,20H2,1-4H3. The number of hydrogen-bond donors (Lipinski definition) is 1. The van der Waals surface area contributed by atoms with Crippen LogP contribution >= 0.6 is 10.7 Å². The highest BCUT2D eigenvalue weighted by Crippen LogP contribution is 2.41. The number of rotatable bonds is 4. The zero-order chi connectivity index (χ0) is 19.9. The zero-order valence-corrected chi connectivity index (χ0v) is 17.0. The lowest BCUT2D eigenvalue weighted by Crippen LogP contribution is -2.09. The average Bonchev–Trinajstić information content (AvgIpc) is 2.98. The molecule has 0 aliphatic carbocycles. The summed E-state index contributed by atoms with van der Waals surface area (Å²) < 4.78 is 26.2. The van der Waals surface area contributed by atoms with E-state index in [9.17, 15) is 8.42 Å². The molecule has 0 saturated heterocycles. The summed E-state index contributed by atoms with van der Waals surface area (Å²) in [7, 11) is 1.60. The van der Waals surface area contributed by atoms with Gasteiger partial charge in [-0.05, 0) is 45.4 Å². The number of aryl methyl sites for hydroxylation is 1. The molecule has 3 rings (SSSR count). The maximum Gasteiger partial charge on any atom is 0.263 e. The van der Waals surface area contributed by atoms with Gasteiger partial charge >= 0.3 is 0 Å². The number of anilines is 1. The summed E-state index contributed by atoms with van der Waals surface area (Å²) in [4.78, 5) is 12.9. The fourth-order valence-corrected chi connectivity index (χ4v) is 4.28. The maximum absolute atomic E-state index is 12.1. The highest BCUT2D eigenvalue weighted by molar-refractivity contribution is 8.13. The van der Waals surface area contributed by atoms with Crippen LogP contribution in [-0.2, 0) is 9.05 Å². The summed E-state index contributed by atoms with van der Waals surface area (Å²) >= 11 is 0. The van der Waals surface area contributed by atoms with Gasteiger partial charge < -0.3 is 10.3 Å². The molecular formula is C18H20ClN5O2S. The summed E-state index contributed by atoms with van der Waals surface area (Å²) in [5.74, 6) is 1.26. The van der Waals surface area contributed by atoms with Crippen molar-refractivity contribution in [2.75, 3.05) is 5.73 Å². The molecule has 2 N–H and O–H groups in total. The third-order valence-electron chi connectivity index (χ3n) is 4.42. The number of nitrogens with zero attached hydrogens (tertiary/aromatic N) is 4. The molecule has 2 heterocycles. The van der Waals surface area contributed by atoms with Crippen molar-refractivity contribution in [2.24, 2.45) is 0 Å². The van der Waals surface area contributed by atoms with Crippen LogP contribution in [0.4, 0.5) is 5.69 Å². The van der Waals surface area contributed by atoms with E-state index in [1.54, 1.807) is 31.6 Å². The number of nitrogens with two attached hydrogens (primary N) is 1. The Morgan fingerprint density at radius 1 is 1.15 bits per heavy atom. The molecule has 3 aromatic rings. The van der Waals surface area contributed by atoms with Crippen molar-refractivity contribution in [3.8, 4) is 22.6 Å². The van der Waals surface area contributed by atoms with Gasteiger partial charge in [-0.25, -0.2) is 23.4 Å². The van der Waals surface area contributed by atoms with Crippen LogP contribution in [0.2, 0.25) is 0 Å². The molecule has 142 valence electrons. The Morgan fingerprint density at radius 3 is 2.33 bits per heavy atom. The van der Waals surface area contributed by atoms with Crippen LogP contribution in [0.1, 0.15) is 31.3 Å². The number of hydrogen-bond acceptors (Lipinski definition) is 6. The van der Waals surface area contributed by atoms with Crippen molar-refractivity contribution in [1.29, 1.82) is 0 Å². The van der Waals surface area contributed by atoms with Gasteiger partial charge in [0.2, 0.25) is 0 Å². The molecule has 0 atom stereocenters. The number of nitrogen functional groups attached to an aromatic ring is 1. The zero-order valence-electron chi connectivity index (χ0n) is 15.4. The van der Waals surface area contributed by atoms with Gasteiger partial charge in [-0.3, -0.25) is 0 Å². The molecular weight excluding hydrogens is 386 g/mol. The second-order valence-electron chi connectivity index (χ2n) is 6.50. The molecule has 9 heteroatoms. The second-order valence-corrected chi connectivity index (χ2v) is 9.03. The fourth-order valence-electron chi connectivity index (χ4n) is 3.23. The van der Waals surface area contributed by atoms with E-state index in [0.29, 0.717) is 22.5 Å². The largest absolute Gasteiger partial charge is 0.397 e. The van der Waals surface area contributed by atoms with Gasteiger partial charge in [0, 0.05) is 40.2 Å². The number of aromatic nitrogens is 4. The minimum absolute atomic E-state index is 0.0866. The van der Waals surface area contributed by atoms with Crippen molar-refractivity contribution in [1.82, 2.24) is 19.5 Å². The van der Waals surface area contributed by atoms with Crippen LogP contribution in [0.3, 0.4) is 0 Å². The van der Waals surface area contributed by atoms with Gasteiger partial charge in [0.25, 0.3) is 9.05 Å². The lowest BCUT2D eigenvalue weighted by atomic mass is 9.97. The van der Waals surface area contributed by atoms with Crippen molar-refractivity contribution >= 4 is 25.4 Å². The molecule has 27 heavy (non-hydrogen) atoms. The van der Waals surface area contributed by atoms with Gasteiger partial charge in [0.1, 0.15) is 10.7 Å². The van der Waals surface area contributed by atoms with Crippen molar-refractivity contribution in [3.63, 3.8) is 0 Å². The monoisotopic (exact) mass is 405 g/mol. The fraction of sp³-hybridized carbons (Fsp3) is 0.278. The molecule has 0 unspecified atom stereocenters. The Hall–Kier alpha value is -2.45. The highest BCUT2D eigenvalue weighted by Gasteiger charge is 2.25. The quantitative estimate of drug-likeness (QED) is 0.524. The van der Waals surface area contributed by atoms with Crippen molar-refractivity contribution in [2.45, 2.75) is 38.6 Å². The molecule has 0 bridgehead atoms. The Bertz CT molecular complexity index is 1110. The van der Waals surface area contributed by atoms with Gasteiger partial charge in [-0.2, -0.15) is 0 Å². The van der Waals surface area contributed by atoms with E-state index in [4.69, 9.17) is 16.4 Å². The van der Waals surface area contributed by atoms with E-state index in [1.165, 1.54) is 6.07 Å². The van der Waals surface area contributed by atoms with Crippen molar-refractivity contribution < 1.29 is 8.42 Å². The predicted molar refractivity (Wildman–Crippen MR) is 106 cm³/mol. The predicted octanol–water partition coefficient (Wildman–Crippen LogP) is 3.71. The average molecular weight is 406 g/mol. The van der Waals surface area contributed by atoms with Crippen LogP contribution in [-0.4, -0.2) is 27.9 Å². The minimum atomic E-state index is -4.03. The van der Waals surface area contributed by atoms with E-state index < -0.39 is 9.05 Å². The van der Waals surface area contributed by atoms with Crippen LogP contribution < -0.4 is 5.73 Å². The van der Waals surface area contributed by atoms with E-state index in [0.717, 1.165) is 11.5 Å². The molecule has 1 aromatic carbocycles. The summed E-state index contributed by atoms with van der Waals surface area (Å²) in [5, 5.41) is 0. The first-order valence-corrected chi connectivity index (χ1v) is 10.6. The maximum atomic E-state index is 12.1. The first-order valence-electron chi connectivity index (χ1n) is 8.32. The second kappa shape index (κ2) is 6.94. The van der Waals surface area contributed by atoms with Gasteiger partial charge in [-0.1, -0.05) is 0 Å². The lowest BCUT2D eigenvalue weighted by Gasteiger charge is -2.19.